The third kappa shape index (κ3) is 4.46. The molecule has 4 rings (SSSR count). The largest absolute Gasteiger partial charge is 0.447 e. The molecule has 160 valence electrons. The predicted octanol–water partition coefficient (Wildman–Crippen LogP) is 2.49. The van der Waals surface area contributed by atoms with Gasteiger partial charge in [-0.05, 0) is 31.7 Å². The van der Waals surface area contributed by atoms with Crippen molar-refractivity contribution in [2.75, 3.05) is 30.9 Å². The molecule has 1 unspecified atom stereocenters. The van der Waals surface area contributed by atoms with Crippen molar-refractivity contribution in [3.8, 4) is 0 Å². The Bertz CT molecular complexity index is 1020. The number of amides is 1. The molecule has 0 radical (unpaired) electrons. The van der Waals surface area contributed by atoms with Crippen molar-refractivity contribution in [1.82, 2.24) is 14.3 Å². The van der Waals surface area contributed by atoms with Gasteiger partial charge in [0.25, 0.3) is 0 Å². The molecule has 1 amide bonds. The molecule has 0 bridgehead atoms. The van der Waals surface area contributed by atoms with E-state index in [-0.39, 0.29) is 12.0 Å². The maximum absolute atomic E-state index is 12.5. The number of benzene rings is 1. The van der Waals surface area contributed by atoms with Gasteiger partial charge < -0.3 is 4.74 Å². The molecule has 0 aliphatic carbocycles. The first-order chi connectivity index (χ1) is 14.3. The van der Waals surface area contributed by atoms with Crippen molar-refractivity contribution in [1.29, 1.82) is 0 Å². The first-order valence-corrected chi connectivity index (χ1v) is 12.0. The average Bonchev–Trinajstić information content (AvgIpc) is 3.08. The summed E-state index contributed by atoms with van der Waals surface area (Å²) in [6.07, 6.45) is 2.91. The fraction of sp³-hybridized carbons (Fsp3) is 0.476. The first-order valence-electron chi connectivity index (χ1n) is 10.1. The van der Waals surface area contributed by atoms with Gasteiger partial charge in [0, 0.05) is 30.8 Å². The zero-order chi connectivity index (χ0) is 21.3. The van der Waals surface area contributed by atoms with Crippen LogP contribution in [0.15, 0.2) is 36.4 Å². The van der Waals surface area contributed by atoms with Crippen LogP contribution in [-0.2, 0) is 21.2 Å². The number of ether oxygens (including phenoxy) is 1. The smallest absolute Gasteiger partial charge is 0.415 e. The van der Waals surface area contributed by atoms with E-state index < -0.39 is 16.1 Å². The minimum absolute atomic E-state index is 0.130. The standard InChI is InChI=1S/C21H26N4O4S/c1-15-22-19(17-8-10-24(11-9-17)30(2,27)28)13-20(23-15)25-18(14-29-21(25)26)12-16-6-4-3-5-7-16/h3-7,13,17-18H,8-12,14H2,1-2H3. The van der Waals surface area contributed by atoms with Gasteiger partial charge in [-0.15, -0.1) is 0 Å². The van der Waals surface area contributed by atoms with E-state index in [9.17, 15) is 13.2 Å². The summed E-state index contributed by atoms with van der Waals surface area (Å²) in [4.78, 5) is 23.2. The summed E-state index contributed by atoms with van der Waals surface area (Å²) in [6.45, 7) is 3.08. The summed E-state index contributed by atoms with van der Waals surface area (Å²) in [5.41, 5.74) is 1.98. The molecule has 0 spiro atoms. The summed E-state index contributed by atoms with van der Waals surface area (Å²) in [6, 6.07) is 11.7. The molecular weight excluding hydrogens is 404 g/mol. The minimum atomic E-state index is -3.17. The third-order valence-corrected chi connectivity index (χ3v) is 7.01. The van der Waals surface area contributed by atoms with Crippen molar-refractivity contribution >= 4 is 21.9 Å². The number of hydrogen-bond donors (Lipinski definition) is 0. The molecule has 0 N–H and O–H groups in total. The Hall–Kier alpha value is -2.52. The normalized spacial score (nSPS) is 21.1. The predicted molar refractivity (Wildman–Crippen MR) is 113 cm³/mol. The van der Waals surface area contributed by atoms with Gasteiger partial charge in [0.05, 0.1) is 12.3 Å². The van der Waals surface area contributed by atoms with E-state index in [0.717, 1.165) is 11.3 Å². The van der Waals surface area contributed by atoms with Gasteiger partial charge >= 0.3 is 6.09 Å². The van der Waals surface area contributed by atoms with Crippen LogP contribution in [0.1, 0.15) is 35.8 Å². The van der Waals surface area contributed by atoms with Gasteiger partial charge in [-0.25, -0.2) is 27.5 Å². The van der Waals surface area contributed by atoms with E-state index in [4.69, 9.17) is 4.74 Å². The second kappa shape index (κ2) is 8.31. The van der Waals surface area contributed by atoms with E-state index in [1.807, 2.05) is 43.3 Å². The monoisotopic (exact) mass is 430 g/mol. The van der Waals surface area contributed by atoms with E-state index in [1.165, 1.54) is 10.6 Å². The fourth-order valence-corrected chi connectivity index (χ4v) is 5.04. The van der Waals surface area contributed by atoms with Crippen molar-refractivity contribution in [2.45, 2.75) is 38.1 Å². The number of hydrogen-bond acceptors (Lipinski definition) is 6. The highest BCUT2D eigenvalue weighted by molar-refractivity contribution is 7.88. The zero-order valence-corrected chi connectivity index (χ0v) is 18.0. The number of aromatic nitrogens is 2. The third-order valence-electron chi connectivity index (χ3n) is 5.71. The Kier molecular flexibility index (Phi) is 5.75. The number of nitrogens with zero attached hydrogens (tertiary/aromatic N) is 4. The topological polar surface area (TPSA) is 92.7 Å². The Balaban J connectivity index is 1.55. The van der Waals surface area contributed by atoms with Crippen LogP contribution in [0.5, 0.6) is 0 Å². The van der Waals surface area contributed by atoms with Crippen LogP contribution in [-0.4, -0.2) is 60.8 Å². The van der Waals surface area contributed by atoms with Gasteiger partial charge in [-0.3, -0.25) is 4.90 Å². The van der Waals surface area contributed by atoms with Crippen LogP contribution >= 0.6 is 0 Å². The second-order valence-electron chi connectivity index (χ2n) is 7.92. The van der Waals surface area contributed by atoms with E-state index in [1.54, 1.807) is 4.90 Å². The maximum atomic E-state index is 12.5. The van der Waals surface area contributed by atoms with Crippen LogP contribution in [0.3, 0.4) is 0 Å². The van der Waals surface area contributed by atoms with Crippen molar-refractivity contribution in [3.63, 3.8) is 0 Å². The number of carbonyl (C=O) groups is 1. The van der Waals surface area contributed by atoms with Crippen LogP contribution in [0, 0.1) is 6.92 Å². The lowest BCUT2D eigenvalue weighted by Crippen LogP contribution is -2.38. The molecular formula is C21H26N4O4S. The Labute approximate surface area is 176 Å². The number of sulfonamides is 1. The lowest BCUT2D eigenvalue weighted by Gasteiger charge is -2.30. The molecule has 0 saturated carbocycles. The van der Waals surface area contributed by atoms with E-state index in [0.29, 0.717) is 50.6 Å². The summed E-state index contributed by atoms with van der Waals surface area (Å²) >= 11 is 0. The molecule has 1 aromatic heterocycles. The summed E-state index contributed by atoms with van der Waals surface area (Å²) in [7, 11) is -3.17. The van der Waals surface area contributed by atoms with Gasteiger partial charge in [-0.2, -0.15) is 0 Å². The van der Waals surface area contributed by atoms with Crippen molar-refractivity contribution < 1.29 is 17.9 Å². The number of aryl methyl sites for hydroxylation is 1. The zero-order valence-electron chi connectivity index (χ0n) is 17.2. The van der Waals surface area contributed by atoms with Crippen molar-refractivity contribution in [3.05, 3.63) is 53.5 Å². The van der Waals surface area contributed by atoms with Gasteiger partial charge in [0.2, 0.25) is 10.0 Å². The molecule has 2 fully saturated rings. The fourth-order valence-electron chi connectivity index (χ4n) is 4.17. The van der Waals surface area contributed by atoms with E-state index in [2.05, 4.69) is 9.97 Å². The minimum Gasteiger partial charge on any atom is -0.447 e. The van der Waals surface area contributed by atoms with Gasteiger partial charge in [-0.1, -0.05) is 30.3 Å². The highest BCUT2D eigenvalue weighted by Crippen LogP contribution is 2.31. The number of piperidine rings is 1. The molecule has 2 aromatic rings. The lowest BCUT2D eigenvalue weighted by molar-refractivity contribution is 0.178. The average molecular weight is 431 g/mol. The lowest BCUT2D eigenvalue weighted by atomic mass is 9.94. The molecule has 9 heteroatoms. The van der Waals surface area contributed by atoms with Crippen molar-refractivity contribution in [2.24, 2.45) is 0 Å². The quantitative estimate of drug-likeness (QED) is 0.724. The summed E-state index contributed by atoms with van der Waals surface area (Å²) in [5, 5.41) is 0. The molecule has 1 aromatic carbocycles. The van der Waals surface area contributed by atoms with Crippen LogP contribution in [0.25, 0.3) is 0 Å². The molecule has 2 aliphatic rings. The Morgan fingerprint density at radius 3 is 2.50 bits per heavy atom. The summed E-state index contributed by atoms with van der Waals surface area (Å²) in [5.74, 6) is 1.27. The Morgan fingerprint density at radius 1 is 1.13 bits per heavy atom. The molecule has 2 aliphatic heterocycles. The number of carbonyl (C=O) groups excluding carboxylic acids is 1. The second-order valence-corrected chi connectivity index (χ2v) is 9.91. The molecule has 2 saturated heterocycles. The highest BCUT2D eigenvalue weighted by atomic mass is 32.2. The number of anilines is 1. The molecule has 3 heterocycles. The Morgan fingerprint density at radius 2 is 1.83 bits per heavy atom. The van der Waals surface area contributed by atoms with Gasteiger partial charge in [0.15, 0.2) is 0 Å². The van der Waals surface area contributed by atoms with Gasteiger partial charge in [0.1, 0.15) is 18.2 Å². The van der Waals surface area contributed by atoms with Crippen LogP contribution in [0.4, 0.5) is 10.6 Å². The first kappa shape index (κ1) is 20.7. The maximum Gasteiger partial charge on any atom is 0.415 e. The van der Waals surface area contributed by atoms with E-state index >= 15 is 0 Å². The van der Waals surface area contributed by atoms with Crippen LogP contribution in [0.2, 0.25) is 0 Å². The molecule has 1 atom stereocenters. The van der Waals surface area contributed by atoms with Crippen LogP contribution < -0.4 is 4.90 Å². The summed E-state index contributed by atoms with van der Waals surface area (Å²) < 4.78 is 30.4. The number of cyclic esters (lactones) is 1. The molecule has 8 nitrogen and oxygen atoms in total. The highest BCUT2D eigenvalue weighted by Gasteiger charge is 2.36. The number of rotatable bonds is 5. The SMILES string of the molecule is Cc1nc(C2CCN(S(C)(=O)=O)CC2)cc(N2C(=O)OCC2Cc2ccccc2)n1. The molecule has 30 heavy (non-hydrogen) atoms.